The summed E-state index contributed by atoms with van der Waals surface area (Å²) in [6.07, 6.45) is -0.216. The molecule has 0 aliphatic heterocycles. The lowest BCUT2D eigenvalue weighted by Gasteiger charge is -2.14. The van der Waals surface area contributed by atoms with Gasteiger partial charge in [-0.1, -0.05) is 37.3 Å². The summed E-state index contributed by atoms with van der Waals surface area (Å²) >= 11 is 0. The van der Waals surface area contributed by atoms with Crippen LogP contribution < -0.4 is 5.32 Å². The zero-order valence-electron chi connectivity index (χ0n) is 7.53. The number of benzene rings is 1. The van der Waals surface area contributed by atoms with Crippen molar-refractivity contribution in [2.45, 2.75) is 19.4 Å². The number of hydrogen-bond acceptors (Lipinski definition) is 1. The van der Waals surface area contributed by atoms with E-state index in [1.807, 2.05) is 37.3 Å². The molecule has 2 N–H and O–H groups in total. The van der Waals surface area contributed by atoms with E-state index >= 15 is 0 Å². The van der Waals surface area contributed by atoms with Gasteiger partial charge in [0, 0.05) is 0 Å². The van der Waals surface area contributed by atoms with E-state index in [0.717, 1.165) is 12.0 Å². The molecular weight excluding hydrogens is 166 g/mol. The number of nitrogens with one attached hydrogen (secondary N) is 1. The molecular formula is C10H13NO2. The maximum Gasteiger partial charge on any atom is 0.405 e. The first kappa shape index (κ1) is 9.58. The van der Waals surface area contributed by atoms with Crippen LogP contribution in [0.3, 0.4) is 0 Å². The minimum absolute atomic E-state index is 0.0984. The minimum Gasteiger partial charge on any atom is -0.465 e. The molecule has 1 rings (SSSR count). The highest BCUT2D eigenvalue weighted by Crippen LogP contribution is 2.15. The van der Waals surface area contributed by atoms with Crippen molar-refractivity contribution in [2.75, 3.05) is 0 Å². The van der Waals surface area contributed by atoms with E-state index in [9.17, 15) is 4.79 Å². The molecule has 0 bridgehead atoms. The zero-order chi connectivity index (χ0) is 9.68. The molecule has 1 aromatic carbocycles. The fourth-order valence-electron chi connectivity index (χ4n) is 1.26. The highest BCUT2D eigenvalue weighted by atomic mass is 16.4. The predicted molar refractivity (Wildman–Crippen MR) is 50.6 cm³/mol. The SMILES string of the molecule is CC[C@@H](NC(=O)O)c1ccccc1. The first-order valence-electron chi connectivity index (χ1n) is 4.28. The second kappa shape index (κ2) is 4.50. The van der Waals surface area contributed by atoms with Crippen molar-refractivity contribution < 1.29 is 9.90 Å². The van der Waals surface area contributed by atoms with Gasteiger partial charge in [0.1, 0.15) is 0 Å². The van der Waals surface area contributed by atoms with Crippen LogP contribution in [0.15, 0.2) is 30.3 Å². The third-order valence-corrected chi connectivity index (χ3v) is 1.91. The van der Waals surface area contributed by atoms with E-state index in [2.05, 4.69) is 5.32 Å². The molecule has 0 saturated heterocycles. The van der Waals surface area contributed by atoms with Gasteiger partial charge in [-0.3, -0.25) is 0 Å². The smallest absolute Gasteiger partial charge is 0.405 e. The molecule has 0 saturated carbocycles. The lowest BCUT2D eigenvalue weighted by molar-refractivity contribution is 0.189. The molecule has 1 atom stereocenters. The second-order valence-corrected chi connectivity index (χ2v) is 2.82. The molecule has 70 valence electrons. The molecule has 3 nitrogen and oxygen atoms in total. The van der Waals surface area contributed by atoms with Crippen molar-refractivity contribution >= 4 is 6.09 Å². The fraction of sp³-hybridized carbons (Fsp3) is 0.300. The van der Waals surface area contributed by atoms with Gasteiger partial charge in [0.15, 0.2) is 0 Å². The number of carboxylic acid groups (broad SMARTS) is 1. The quantitative estimate of drug-likeness (QED) is 0.748. The summed E-state index contributed by atoms with van der Waals surface area (Å²) < 4.78 is 0. The molecule has 1 aromatic rings. The summed E-state index contributed by atoms with van der Waals surface area (Å²) in [7, 11) is 0. The Balaban J connectivity index is 2.73. The van der Waals surface area contributed by atoms with E-state index in [1.54, 1.807) is 0 Å². The molecule has 0 radical (unpaired) electrons. The number of amides is 1. The summed E-state index contributed by atoms with van der Waals surface area (Å²) in [5.41, 5.74) is 1.01. The number of rotatable bonds is 3. The van der Waals surface area contributed by atoms with Gasteiger partial charge >= 0.3 is 6.09 Å². The number of carbonyl (C=O) groups is 1. The summed E-state index contributed by atoms with van der Waals surface area (Å²) in [6, 6.07) is 9.47. The Hall–Kier alpha value is -1.51. The molecule has 0 unspecified atom stereocenters. The van der Waals surface area contributed by atoms with Crippen LogP contribution >= 0.6 is 0 Å². The molecule has 0 spiro atoms. The average Bonchev–Trinajstić information content (AvgIpc) is 2.15. The van der Waals surface area contributed by atoms with Gasteiger partial charge in [0.25, 0.3) is 0 Å². The van der Waals surface area contributed by atoms with Gasteiger partial charge in [-0.15, -0.1) is 0 Å². The van der Waals surface area contributed by atoms with Crippen LogP contribution in [-0.2, 0) is 0 Å². The first-order chi connectivity index (χ1) is 6.24. The van der Waals surface area contributed by atoms with Crippen molar-refractivity contribution in [1.82, 2.24) is 5.32 Å². The highest BCUT2D eigenvalue weighted by Gasteiger charge is 2.10. The normalized spacial score (nSPS) is 12.1. The largest absolute Gasteiger partial charge is 0.465 e. The van der Waals surface area contributed by atoms with Crippen LogP contribution in [0.1, 0.15) is 24.9 Å². The van der Waals surface area contributed by atoms with E-state index in [4.69, 9.17) is 5.11 Å². The maximum absolute atomic E-state index is 10.4. The van der Waals surface area contributed by atoms with E-state index in [-0.39, 0.29) is 6.04 Å². The molecule has 0 aliphatic rings. The van der Waals surface area contributed by atoms with Crippen molar-refractivity contribution in [1.29, 1.82) is 0 Å². The van der Waals surface area contributed by atoms with Gasteiger partial charge in [-0.2, -0.15) is 0 Å². The summed E-state index contributed by atoms with van der Waals surface area (Å²) in [5, 5.41) is 11.0. The molecule has 0 aromatic heterocycles. The molecule has 0 heterocycles. The van der Waals surface area contributed by atoms with Crippen molar-refractivity contribution in [3.05, 3.63) is 35.9 Å². The lowest BCUT2D eigenvalue weighted by Crippen LogP contribution is -2.26. The highest BCUT2D eigenvalue weighted by molar-refractivity contribution is 5.65. The maximum atomic E-state index is 10.4. The first-order valence-corrected chi connectivity index (χ1v) is 4.28. The van der Waals surface area contributed by atoms with E-state index < -0.39 is 6.09 Å². The Labute approximate surface area is 77.4 Å². The Morgan fingerprint density at radius 1 is 1.46 bits per heavy atom. The van der Waals surface area contributed by atoms with Gasteiger partial charge in [0.05, 0.1) is 6.04 Å². The Bertz CT molecular complexity index is 272. The van der Waals surface area contributed by atoms with Crippen LogP contribution in [0.25, 0.3) is 0 Å². The van der Waals surface area contributed by atoms with Gasteiger partial charge in [0.2, 0.25) is 0 Å². The van der Waals surface area contributed by atoms with Gasteiger partial charge < -0.3 is 10.4 Å². The van der Waals surface area contributed by atoms with Crippen molar-refractivity contribution in [3.63, 3.8) is 0 Å². The number of hydrogen-bond donors (Lipinski definition) is 2. The molecule has 1 amide bonds. The zero-order valence-corrected chi connectivity index (χ0v) is 7.53. The standard InChI is InChI=1S/C10H13NO2/c1-2-9(11-10(12)13)8-6-4-3-5-7-8/h3-7,9,11H,2H2,1H3,(H,12,13)/t9-/m1/s1. The summed E-state index contributed by atoms with van der Waals surface area (Å²) in [6.45, 7) is 1.95. The van der Waals surface area contributed by atoms with Crippen LogP contribution in [0.5, 0.6) is 0 Å². The Kier molecular flexibility index (Phi) is 3.31. The average molecular weight is 179 g/mol. The Morgan fingerprint density at radius 2 is 2.08 bits per heavy atom. The topological polar surface area (TPSA) is 49.3 Å². The summed E-state index contributed by atoms with van der Waals surface area (Å²) in [5.74, 6) is 0. The molecule has 0 fully saturated rings. The monoisotopic (exact) mass is 179 g/mol. The summed E-state index contributed by atoms with van der Waals surface area (Å²) in [4.78, 5) is 10.4. The van der Waals surface area contributed by atoms with Crippen molar-refractivity contribution in [2.24, 2.45) is 0 Å². The molecule has 3 heteroatoms. The molecule has 0 aliphatic carbocycles. The van der Waals surface area contributed by atoms with Crippen LogP contribution in [-0.4, -0.2) is 11.2 Å². The fourth-order valence-corrected chi connectivity index (χ4v) is 1.26. The van der Waals surface area contributed by atoms with E-state index in [1.165, 1.54) is 0 Å². The van der Waals surface area contributed by atoms with Crippen molar-refractivity contribution in [3.8, 4) is 0 Å². The van der Waals surface area contributed by atoms with E-state index in [0.29, 0.717) is 0 Å². The van der Waals surface area contributed by atoms with Gasteiger partial charge in [-0.05, 0) is 12.0 Å². The minimum atomic E-state index is -0.976. The predicted octanol–water partition coefficient (Wildman–Crippen LogP) is 2.41. The van der Waals surface area contributed by atoms with Crippen LogP contribution in [0, 0.1) is 0 Å². The molecule has 13 heavy (non-hydrogen) atoms. The van der Waals surface area contributed by atoms with Gasteiger partial charge in [-0.25, -0.2) is 4.79 Å². The lowest BCUT2D eigenvalue weighted by atomic mass is 10.1. The third kappa shape index (κ3) is 2.78. The Morgan fingerprint density at radius 3 is 2.54 bits per heavy atom. The van der Waals surface area contributed by atoms with Crippen LogP contribution in [0.2, 0.25) is 0 Å². The second-order valence-electron chi connectivity index (χ2n) is 2.82. The third-order valence-electron chi connectivity index (χ3n) is 1.91. The van der Waals surface area contributed by atoms with Crippen LogP contribution in [0.4, 0.5) is 4.79 Å².